The van der Waals surface area contributed by atoms with Gasteiger partial charge in [-0.05, 0) is 25.0 Å². The average Bonchev–Trinajstić information content (AvgIpc) is 2.77. The first-order valence-electron chi connectivity index (χ1n) is 6.38. The van der Waals surface area contributed by atoms with Crippen LogP contribution in [0.4, 0.5) is 0 Å². The van der Waals surface area contributed by atoms with Crippen molar-refractivity contribution in [3.05, 3.63) is 24.0 Å². The summed E-state index contributed by atoms with van der Waals surface area (Å²) < 4.78 is 7.04. The molecular formula is C13H24N4O. The van der Waals surface area contributed by atoms with Gasteiger partial charge in [0.25, 0.3) is 0 Å². The van der Waals surface area contributed by atoms with Gasteiger partial charge in [0, 0.05) is 46.2 Å². The molecule has 0 aliphatic heterocycles. The molecule has 18 heavy (non-hydrogen) atoms. The Bertz CT molecular complexity index is 360. The molecule has 0 aromatic carbocycles. The number of rotatable bonds is 7. The first kappa shape index (κ1) is 14.6. The number of ether oxygens (including phenoxy) is 1. The zero-order chi connectivity index (χ0) is 13.2. The Balaban J connectivity index is 2.39. The molecular weight excluding hydrogens is 228 g/mol. The largest absolute Gasteiger partial charge is 0.385 e. The quantitative estimate of drug-likeness (QED) is 0.434. The predicted molar refractivity (Wildman–Crippen MR) is 74.7 cm³/mol. The Labute approximate surface area is 109 Å². The highest BCUT2D eigenvalue weighted by molar-refractivity contribution is 5.79. The standard InChI is InChI=1S/C13H24N4O/c1-4-14-13(15-7-5-9-18-3)16-10-12-6-8-17(2)11-12/h6,8,11H,4-5,7,9-10H2,1-3H3,(H2,14,15,16). The number of methoxy groups -OCH3 is 1. The Hall–Kier alpha value is -1.49. The number of nitrogens with one attached hydrogen (secondary N) is 2. The van der Waals surface area contributed by atoms with Crippen LogP contribution in [0.5, 0.6) is 0 Å². The van der Waals surface area contributed by atoms with Gasteiger partial charge in [0.05, 0.1) is 6.54 Å². The molecule has 2 N–H and O–H groups in total. The van der Waals surface area contributed by atoms with Gasteiger partial charge in [-0.1, -0.05) is 0 Å². The SMILES string of the molecule is CCNC(=NCc1ccn(C)c1)NCCCOC. The molecule has 0 unspecified atom stereocenters. The van der Waals surface area contributed by atoms with Gasteiger partial charge in [-0.2, -0.15) is 0 Å². The Morgan fingerprint density at radius 1 is 1.44 bits per heavy atom. The zero-order valence-corrected chi connectivity index (χ0v) is 11.6. The van der Waals surface area contributed by atoms with E-state index >= 15 is 0 Å². The fourth-order valence-electron chi connectivity index (χ4n) is 1.59. The molecule has 0 aliphatic rings. The van der Waals surface area contributed by atoms with Crippen LogP contribution in [0.3, 0.4) is 0 Å². The van der Waals surface area contributed by atoms with Gasteiger partial charge in [0.1, 0.15) is 0 Å². The van der Waals surface area contributed by atoms with E-state index in [0.29, 0.717) is 6.54 Å². The molecule has 1 heterocycles. The minimum Gasteiger partial charge on any atom is -0.385 e. The maximum absolute atomic E-state index is 5.01. The summed E-state index contributed by atoms with van der Waals surface area (Å²) in [4.78, 5) is 4.53. The lowest BCUT2D eigenvalue weighted by Gasteiger charge is -2.10. The highest BCUT2D eigenvalue weighted by atomic mass is 16.5. The van der Waals surface area contributed by atoms with E-state index in [1.807, 2.05) is 17.8 Å². The minimum atomic E-state index is 0.695. The van der Waals surface area contributed by atoms with Gasteiger partial charge in [0.15, 0.2) is 5.96 Å². The molecule has 5 nitrogen and oxygen atoms in total. The lowest BCUT2D eigenvalue weighted by Crippen LogP contribution is -2.38. The number of nitrogens with zero attached hydrogens (tertiary/aromatic N) is 2. The van der Waals surface area contributed by atoms with Crippen molar-refractivity contribution < 1.29 is 4.74 Å². The molecule has 1 aromatic rings. The second-order valence-corrected chi connectivity index (χ2v) is 4.15. The van der Waals surface area contributed by atoms with Gasteiger partial charge in [-0.25, -0.2) is 4.99 Å². The van der Waals surface area contributed by atoms with Gasteiger partial charge in [-0.3, -0.25) is 0 Å². The van der Waals surface area contributed by atoms with Gasteiger partial charge in [-0.15, -0.1) is 0 Å². The smallest absolute Gasteiger partial charge is 0.191 e. The van der Waals surface area contributed by atoms with Gasteiger partial charge >= 0.3 is 0 Å². The lowest BCUT2D eigenvalue weighted by molar-refractivity contribution is 0.195. The number of hydrogen-bond acceptors (Lipinski definition) is 2. The monoisotopic (exact) mass is 252 g/mol. The second kappa shape index (κ2) is 8.58. The Kier molecular flexibility index (Phi) is 6.94. The third kappa shape index (κ3) is 5.72. The minimum absolute atomic E-state index is 0.695. The molecule has 0 radical (unpaired) electrons. The third-order valence-corrected chi connectivity index (χ3v) is 2.47. The summed E-state index contributed by atoms with van der Waals surface area (Å²) in [7, 11) is 3.73. The van der Waals surface area contributed by atoms with Crippen molar-refractivity contribution in [2.45, 2.75) is 19.9 Å². The van der Waals surface area contributed by atoms with Crippen LogP contribution in [0.1, 0.15) is 18.9 Å². The van der Waals surface area contributed by atoms with Gasteiger partial charge in [0.2, 0.25) is 0 Å². The first-order chi connectivity index (χ1) is 8.76. The van der Waals surface area contributed by atoms with Crippen LogP contribution in [0.15, 0.2) is 23.5 Å². The van der Waals surface area contributed by atoms with E-state index in [-0.39, 0.29) is 0 Å². The average molecular weight is 252 g/mol. The first-order valence-corrected chi connectivity index (χ1v) is 6.38. The van der Waals surface area contributed by atoms with Crippen molar-refractivity contribution >= 4 is 5.96 Å². The van der Waals surface area contributed by atoms with E-state index in [9.17, 15) is 0 Å². The lowest BCUT2D eigenvalue weighted by atomic mass is 10.3. The third-order valence-electron chi connectivity index (χ3n) is 2.47. The number of guanidine groups is 1. The van der Waals surface area contributed by atoms with Crippen LogP contribution < -0.4 is 10.6 Å². The van der Waals surface area contributed by atoms with E-state index in [0.717, 1.165) is 32.1 Å². The normalized spacial score (nSPS) is 11.6. The maximum Gasteiger partial charge on any atom is 0.191 e. The fourth-order valence-corrected chi connectivity index (χ4v) is 1.59. The van der Waals surface area contributed by atoms with Gasteiger partial charge < -0.3 is 19.9 Å². The summed E-state index contributed by atoms with van der Waals surface area (Å²) in [5.74, 6) is 0.859. The number of hydrogen-bond donors (Lipinski definition) is 2. The molecule has 0 saturated carbocycles. The van der Waals surface area contributed by atoms with Crippen molar-refractivity contribution in [2.75, 3.05) is 26.8 Å². The molecule has 0 amide bonds. The van der Waals surface area contributed by atoms with Crippen molar-refractivity contribution in [1.82, 2.24) is 15.2 Å². The molecule has 102 valence electrons. The van der Waals surface area contributed by atoms with E-state index in [4.69, 9.17) is 4.74 Å². The van der Waals surface area contributed by atoms with Crippen LogP contribution in [-0.2, 0) is 18.3 Å². The van der Waals surface area contributed by atoms with E-state index < -0.39 is 0 Å². The molecule has 0 bridgehead atoms. The molecule has 0 spiro atoms. The van der Waals surface area contributed by atoms with E-state index in [1.54, 1.807) is 7.11 Å². The number of aromatic nitrogens is 1. The van der Waals surface area contributed by atoms with Crippen LogP contribution in [0.25, 0.3) is 0 Å². The number of aliphatic imine (C=N–C) groups is 1. The second-order valence-electron chi connectivity index (χ2n) is 4.15. The predicted octanol–water partition coefficient (Wildman–Crippen LogP) is 1.12. The highest BCUT2D eigenvalue weighted by Crippen LogP contribution is 2.00. The van der Waals surface area contributed by atoms with Crippen LogP contribution in [0, 0.1) is 0 Å². The molecule has 0 fully saturated rings. The van der Waals surface area contributed by atoms with Crippen molar-refractivity contribution in [3.8, 4) is 0 Å². The molecule has 0 saturated heterocycles. The van der Waals surface area contributed by atoms with Crippen molar-refractivity contribution in [1.29, 1.82) is 0 Å². The molecule has 1 rings (SSSR count). The Morgan fingerprint density at radius 2 is 2.28 bits per heavy atom. The zero-order valence-electron chi connectivity index (χ0n) is 11.6. The van der Waals surface area contributed by atoms with Crippen LogP contribution >= 0.6 is 0 Å². The van der Waals surface area contributed by atoms with Crippen molar-refractivity contribution in [3.63, 3.8) is 0 Å². The van der Waals surface area contributed by atoms with Crippen LogP contribution in [-0.4, -0.2) is 37.3 Å². The molecule has 5 heteroatoms. The number of aryl methyl sites for hydroxylation is 1. The summed E-state index contributed by atoms with van der Waals surface area (Å²) in [5.41, 5.74) is 1.21. The topological polar surface area (TPSA) is 50.6 Å². The molecule has 1 aromatic heterocycles. The van der Waals surface area contributed by atoms with E-state index in [1.165, 1.54) is 5.56 Å². The molecule has 0 aliphatic carbocycles. The highest BCUT2D eigenvalue weighted by Gasteiger charge is 1.97. The summed E-state index contributed by atoms with van der Waals surface area (Å²) >= 11 is 0. The summed E-state index contributed by atoms with van der Waals surface area (Å²) in [6.45, 7) is 5.26. The summed E-state index contributed by atoms with van der Waals surface area (Å²) in [5, 5.41) is 6.51. The molecule has 0 atom stereocenters. The maximum atomic E-state index is 5.01. The van der Waals surface area contributed by atoms with Crippen molar-refractivity contribution in [2.24, 2.45) is 12.0 Å². The summed E-state index contributed by atoms with van der Waals surface area (Å²) in [6, 6.07) is 2.08. The van der Waals surface area contributed by atoms with E-state index in [2.05, 4.69) is 34.8 Å². The fraction of sp³-hybridized carbons (Fsp3) is 0.615. The summed E-state index contributed by atoms with van der Waals surface area (Å²) in [6.07, 6.45) is 5.09. The Morgan fingerprint density at radius 3 is 2.89 bits per heavy atom. The van der Waals surface area contributed by atoms with Crippen LogP contribution in [0.2, 0.25) is 0 Å².